The molecule has 32 heavy (non-hydrogen) atoms. The molecule has 0 saturated heterocycles. The lowest BCUT2D eigenvalue weighted by molar-refractivity contribution is -0.137. The topological polar surface area (TPSA) is 84.0 Å². The number of para-hydroxylation sites is 1. The third-order valence-corrected chi connectivity index (χ3v) is 5.03. The van der Waals surface area contributed by atoms with Crippen molar-refractivity contribution < 1.29 is 22.8 Å². The fourth-order valence-electron chi connectivity index (χ4n) is 2.84. The van der Waals surface area contributed by atoms with Crippen molar-refractivity contribution in [3.05, 3.63) is 77.1 Å². The Bertz CT molecular complexity index is 1130. The second kappa shape index (κ2) is 9.82. The number of benzene rings is 2. The van der Waals surface area contributed by atoms with Crippen molar-refractivity contribution in [1.82, 2.24) is 9.97 Å². The number of thioether (sulfide) groups is 1. The lowest BCUT2D eigenvalue weighted by Crippen LogP contribution is -2.19. The Labute approximate surface area is 186 Å². The molecule has 0 atom stereocenters. The van der Waals surface area contributed by atoms with E-state index in [0.29, 0.717) is 5.16 Å². The SMILES string of the molecule is Cc1cc(C)nc(SCC(=O)Nc2ccccc2C(=O)Nc2cccc(C(F)(F)F)c2)n1. The Hall–Kier alpha value is -3.40. The summed E-state index contributed by atoms with van der Waals surface area (Å²) in [6.07, 6.45) is -4.52. The van der Waals surface area contributed by atoms with Crippen molar-refractivity contribution in [3.63, 3.8) is 0 Å². The Kier molecular flexibility index (Phi) is 7.14. The molecule has 0 fully saturated rings. The first-order chi connectivity index (χ1) is 15.1. The summed E-state index contributed by atoms with van der Waals surface area (Å²) in [6, 6.07) is 12.4. The van der Waals surface area contributed by atoms with Crippen molar-refractivity contribution in [2.24, 2.45) is 0 Å². The highest BCUT2D eigenvalue weighted by Gasteiger charge is 2.30. The van der Waals surface area contributed by atoms with Gasteiger partial charge in [-0.2, -0.15) is 13.2 Å². The summed E-state index contributed by atoms with van der Waals surface area (Å²) in [5.74, 6) is -1.01. The molecule has 0 unspecified atom stereocenters. The highest BCUT2D eigenvalue weighted by Crippen LogP contribution is 2.31. The van der Waals surface area contributed by atoms with Gasteiger partial charge in [0.25, 0.3) is 5.91 Å². The van der Waals surface area contributed by atoms with Crippen molar-refractivity contribution in [3.8, 4) is 0 Å². The molecule has 6 nitrogen and oxygen atoms in total. The van der Waals surface area contributed by atoms with Crippen LogP contribution >= 0.6 is 11.8 Å². The summed E-state index contributed by atoms with van der Waals surface area (Å²) in [5, 5.41) is 5.56. The first kappa shape index (κ1) is 23.3. The van der Waals surface area contributed by atoms with Crippen LogP contribution in [0, 0.1) is 13.8 Å². The smallest absolute Gasteiger partial charge is 0.325 e. The van der Waals surface area contributed by atoms with E-state index in [9.17, 15) is 22.8 Å². The molecule has 2 N–H and O–H groups in total. The van der Waals surface area contributed by atoms with Crippen LogP contribution in [0.4, 0.5) is 24.5 Å². The minimum atomic E-state index is -4.52. The second-order valence-corrected chi connectivity index (χ2v) is 7.79. The summed E-state index contributed by atoms with van der Waals surface area (Å²) in [6.45, 7) is 3.66. The molecule has 0 spiro atoms. The van der Waals surface area contributed by atoms with E-state index in [0.717, 1.165) is 35.3 Å². The second-order valence-electron chi connectivity index (χ2n) is 6.85. The van der Waals surface area contributed by atoms with Crippen molar-refractivity contribution in [2.75, 3.05) is 16.4 Å². The molecular formula is C22H19F3N4O2S. The third-order valence-electron chi connectivity index (χ3n) is 4.19. The zero-order valence-corrected chi connectivity index (χ0v) is 18.0. The van der Waals surface area contributed by atoms with Crippen molar-refractivity contribution in [2.45, 2.75) is 25.2 Å². The first-order valence-electron chi connectivity index (χ1n) is 9.44. The van der Waals surface area contributed by atoms with E-state index in [2.05, 4.69) is 20.6 Å². The van der Waals surface area contributed by atoms with Gasteiger partial charge in [0.15, 0.2) is 5.16 Å². The lowest BCUT2D eigenvalue weighted by atomic mass is 10.1. The van der Waals surface area contributed by atoms with Gasteiger partial charge in [-0.05, 0) is 50.2 Å². The van der Waals surface area contributed by atoms with Gasteiger partial charge in [-0.25, -0.2) is 9.97 Å². The normalized spacial score (nSPS) is 11.2. The average Bonchev–Trinajstić information content (AvgIpc) is 2.71. The summed E-state index contributed by atoms with van der Waals surface area (Å²) in [4.78, 5) is 33.6. The monoisotopic (exact) mass is 460 g/mol. The molecule has 2 amide bonds. The molecule has 3 aromatic rings. The fourth-order valence-corrected chi connectivity index (χ4v) is 3.59. The highest BCUT2D eigenvalue weighted by atomic mass is 32.2. The number of halogens is 3. The van der Waals surface area contributed by atoms with E-state index in [1.54, 1.807) is 12.1 Å². The van der Waals surface area contributed by atoms with Crippen LogP contribution in [0.25, 0.3) is 0 Å². The van der Waals surface area contributed by atoms with E-state index in [1.165, 1.54) is 24.3 Å². The number of alkyl halides is 3. The molecule has 3 rings (SSSR count). The van der Waals surface area contributed by atoms with Crippen LogP contribution in [0.3, 0.4) is 0 Å². The molecule has 0 aliphatic rings. The summed E-state index contributed by atoms with van der Waals surface area (Å²) >= 11 is 1.16. The van der Waals surface area contributed by atoms with Crippen molar-refractivity contribution in [1.29, 1.82) is 0 Å². The molecule has 0 radical (unpaired) electrons. The van der Waals surface area contributed by atoms with E-state index in [4.69, 9.17) is 0 Å². The van der Waals surface area contributed by atoms with Gasteiger partial charge < -0.3 is 10.6 Å². The number of hydrogen-bond donors (Lipinski definition) is 2. The van der Waals surface area contributed by atoms with Crippen LogP contribution in [-0.2, 0) is 11.0 Å². The minimum absolute atomic E-state index is 0.00604. The number of nitrogens with one attached hydrogen (secondary N) is 2. The van der Waals surface area contributed by atoms with Crippen molar-refractivity contribution >= 4 is 35.0 Å². The number of aromatic nitrogens is 2. The third kappa shape index (κ3) is 6.30. The Morgan fingerprint density at radius 3 is 2.31 bits per heavy atom. The van der Waals surface area contributed by atoms with Crippen LogP contribution in [0.5, 0.6) is 0 Å². The van der Waals surface area contributed by atoms with Gasteiger partial charge in [-0.1, -0.05) is 30.0 Å². The number of amides is 2. The quantitative estimate of drug-likeness (QED) is 0.395. The van der Waals surface area contributed by atoms with Crippen LogP contribution in [0.15, 0.2) is 59.8 Å². The number of carbonyl (C=O) groups is 2. The van der Waals surface area contributed by atoms with Crippen LogP contribution < -0.4 is 10.6 Å². The molecule has 0 aliphatic heterocycles. The van der Waals surface area contributed by atoms with E-state index >= 15 is 0 Å². The van der Waals surface area contributed by atoms with Gasteiger partial charge >= 0.3 is 6.18 Å². The average molecular weight is 460 g/mol. The van der Waals surface area contributed by atoms with E-state index < -0.39 is 17.6 Å². The van der Waals surface area contributed by atoms with Gasteiger partial charge in [-0.3, -0.25) is 9.59 Å². The van der Waals surface area contributed by atoms with Crippen LogP contribution in [0.2, 0.25) is 0 Å². The largest absolute Gasteiger partial charge is 0.416 e. The highest BCUT2D eigenvalue weighted by molar-refractivity contribution is 7.99. The maximum absolute atomic E-state index is 12.9. The predicted octanol–water partition coefficient (Wildman–Crippen LogP) is 5.10. The maximum Gasteiger partial charge on any atom is 0.416 e. The van der Waals surface area contributed by atoms with Crippen LogP contribution in [-0.4, -0.2) is 27.5 Å². The molecular weight excluding hydrogens is 441 g/mol. The molecule has 2 aromatic carbocycles. The van der Waals surface area contributed by atoms with E-state index in [-0.39, 0.29) is 28.6 Å². The Morgan fingerprint density at radius 2 is 1.62 bits per heavy atom. The molecule has 0 saturated carbocycles. The molecule has 0 bridgehead atoms. The lowest BCUT2D eigenvalue weighted by Gasteiger charge is -2.13. The number of hydrogen-bond acceptors (Lipinski definition) is 5. The summed E-state index contributed by atoms with van der Waals surface area (Å²) < 4.78 is 38.7. The van der Waals surface area contributed by atoms with Gasteiger partial charge in [-0.15, -0.1) is 0 Å². The number of anilines is 2. The standard InChI is InChI=1S/C22H19F3N4O2S/c1-13-10-14(2)27-21(26-13)32-12-19(30)29-18-9-4-3-8-17(18)20(31)28-16-7-5-6-15(11-16)22(23,24)25/h3-11H,12H2,1-2H3,(H,28,31)(H,29,30). The Morgan fingerprint density at radius 1 is 0.938 bits per heavy atom. The molecule has 0 aliphatic carbocycles. The molecule has 1 heterocycles. The minimum Gasteiger partial charge on any atom is -0.325 e. The molecule has 166 valence electrons. The number of aryl methyl sites for hydroxylation is 2. The Balaban J connectivity index is 1.68. The zero-order chi connectivity index (χ0) is 23.3. The van der Waals surface area contributed by atoms with Gasteiger partial charge in [0.05, 0.1) is 22.6 Å². The van der Waals surface area contributed by atoms with Gasteiger partial charge in [0, 0.05) is 17.1 Å². The predicted molar refractivity (Wildman–Crippen MR) is 117 cm³/mol. The molecule has 1 aromatic heterocycles. The maximum atomic E-state index is 12.9. The number of carbonyl (C=O) groups excluding carboxylic acids is 2. The number of rotatable bonds is 6. The van der Waals surface area contributed by atoms with Gasteiger partial charge in [0.2, 0.25) is 5.91 Å². The zero-order valence-electron chi connectivity index (χ0n) is 17.2. The number of nitrogens with zero attached hydrogens (tertiary/aromatic N) is 2. The summed E-state index contributed by atoms with van der Waals surface area (Å²) in [7, 11) is 0. The fraction of sp³-hybridized carbons (Fsp3) is 0.182. The first-order valence-corrected chi connectivity index (χ1v) is 10.4. The van der Waals surface area contributed by atoms with E-state index in [1.807, 2.05) is 19.9 Å². The molecule has 10 heteroatoms. The summed E-state index contributed by atoms with van der Waals surface area (Å²) in [5.41, 5.74) is 1.06. The van der Waals surface area contributed by atoms with Gasteiger partial charge in [0.1, 0.15) is 0 Å². The van der Waals surface area contributed by atoms with Crippen LogP contribution in [0.1, 0.15) is 27.3 Å².